The lowest BCUT2D eigenvalue weighted by Crippen LogP contribution is -2.26. The first-order chi connectivity index (χ1) is 10.1. The van der Waals surface area contributed by atoms with Crippen LogP contribution in [-0.4, -0.2) is 22.9 Å². The molecule has 114 valence electrons. The molecule has 4 heteroatoms. The van der Waals surface area contributed by atoms with Crippen LogP contribution in [0.4, 0.5) is 0 Å². The number of nitrogens with one attached hydrogen (secondary N) is 1. The minimum Gasteiger partial charge on any atom is -0.494 e. The number of ether oxygens (including phenoxy) is 1. The van der Waals surface area contributed by atoms with E-state index in [9.17, 15) is 0 Å². The van der Waals surface area contributed by atoms with Crippen molar-refractivity contribution in [3.05, 3.63) is 47.3 Å². The first kappa shape index (κ1) is 15.6. The molecular weight excluding hydrogens is 262 g/mol. The highest BCUT2D eigenvalue weighted by molar-refractivity contribution is 5.29. The van der Waals surface area contributed by atoms with Gasteiger partial charge in [-0.05, 0) is 51.1 Å². The molecule has 0 aliphatic carbocycles. The number of aryl methyl sites for hydroxylation is 2. The van der Waals surface area contributed by atoms with E-state index in [4.69, 9.17) is 4.74 Å². The number of nitrogens with zero attached hydrogens (tertiary/aromatic N) is 2. The van der Waals surface area contributed by atoms with Crippen molar-refractivity contribution in [1.82, 2.24) is 15.1 Å². The fourth-order valence-corrected chi connectivity index (χ4v) is 2.53. The third-order valence-electron chi connectivity index (χ3n) is 3.50. The van der Waals surface area contributed by atoms with Crippen molar-refractivity contribution in [3.8, 4) is 5.75 Å². The van der Waals surface area contributed by atoms with Crippen LogP contribution in [0.25, 0.3) is 0 Å². The highest BCUT2D eigenvalue weighted by Gasteiger charge is 2.13. The van der Waals surface area contributed by atoms with Gasteiger partial charge in [0, 0.05) is 5.69 Å². The van der Waals surface area contributed by atoms with Gasteiger partial charge < -0.3 is 10.1 Å². The van der Waals surface area contributed by atoms with Gasteiger partial charge in [-0.3, -0.25) is 4.68 Å². The van der Waals surface area contributed by atoms with Crippen LogP contribution < -0.4 is 10.1 Å². The maximum Gasteiger partial charge on any atom is 0.119 e. The Bertz CT molecular complexity index is 560. The quantitative estimate of drug-likeness (QED) is 0.849. The summed E-state index contributed by atoms with van der Waals surface area (Å²) in [6.07, 6.45) is 0. The number of likely N-dealkylation sites (N-methyl/N-ethyl adjacent to an activating group) is 1. The molecule has 2 aromatic rings. The van der Waals surface area contributed by atoms with Gasteiger partial charge in [-0.25, -0.2) is 0 Å². The molecule has 0 saturated heterocycles. The third kappa shape index (κ3) is 4.08. The molecule has 0 aliphatic rings. The Hall–Kier alpha value is -1.81. The number of aromatic nitrogens is 2. The molecule has 0 saturated carbocycles. The smallest absolute Gasteiger partial charge is 0.119 e. The summed E-state index contributed by atoms with van der Waals surface area (Å²) in [7, 11) is 0. The fraction of sp³-hybridized carbons (Fsp3) is 0.471. The summed E-state index contributed by atoms with van der Waals surface area (Å²) in [5.41, 5.74) is 3.52. The molecule has 1 atom stereocenters. The molecule has 4 nitrogen and oxygen atoms in total. The van der Waals surface area contributed by atoms with E-state index in [1.807, 2.05) is 26.0 Å². The summed E-state index contributed by atoms with van der Waals surface area (Å²) in [5.74, 6) is 0.919. The highest BCUT2D eigenvalue weighted by atomic mass is 16.5. The maximum absolute atomic E-state index is 5.50. The lowest BCUT2D eigenvalue weighted by Gasteiger charge is -2.19. The molecule has 2 rings (SSSR count). The summed E-state index contributed by atoms with van der Waals surface area (Å²) >= 11 is 0. The first-order valence-electron chi connectivity index (χ1n) is 7.61. The highest BCUT2D eigenvalue weighted by Crippen LogP contribution is 2.20. The zero-order valence-electron chi connectivity index (χ0n) is 13.4. The van der Waals surface area contributed by atoms with Crippen LogP contribution in [0.15, 0.2) is 30.3 Å². The van der Waals surface area contributed by atoms with Gasteiger partial charge in [0.15, 0.2) is 0 Å². The van der Waals surface area contributed by atoms with Crippen LogP contribution >= 0.6 is 0 Å². The van der Waals surface area contributed by atoms with Crippen molar-refractivity contribution in [3.63, 3.8) is 0 Å². The van der Waals surface area contributed by atoms with Gasteiger partial charge >= 0.3 is 0 Å². The van der Waals surface area contributed by atoms with Gasteiger partial charge in [0.25, 0.3) is 0 Å². The molecule has 1 aromatic heterocycles. The molecule has 1 N–H and O–H groups in total. The van der Waals surface area contributed by atoms with Crippen molar-refractivity contribution < 1.29 is 4.74 Å². The Morgan fingerprint density at radius 2 is 1.90 bits per heavy atom. The monoisotopic (exact) mass is 287 g/mol. The second-order valence-corrected chi connectivity index (χ2v) is 5.22. The largest absolute Gasteiger partial charge is 0.494 e. The topological polar surface area (TPSA) is 39.1 Å². The fourth-order valence-electron chi connectivity index (χ4n) is 2.53. The zero-order chi connectivity index (χ0) is 15.2. The zero-order valence-corrected chi connectivity index (χ0v) is 13.4. The molecule has 1 unspecified atom stereocenters. The average molecular weight is 287 g/mol. The van der Waals surface area contributed by atoms with Crippen LogP contribution in [0.2, 0.25) is 0 Å². The molecule has 0 amide bonds. The van der Waals surface area contributed by atoms with Crippen LogP contribution in [0, 0.1) is 13.8 Å². The molecule has 0 aliphatic heterocycles. The molecular formula is C17H25N3O. The summed E-state index contributed by atoms with van der Waals surface area (Å²) in [6, 6.07) is 10.7. The van der Waals surface area contributed by atoms with Gasteiger partial charge in [0.2, 0.25) is 0 Å². The lowest BCUT2D eigenvalue weighted by molar-refractivity contribution is 0.340. The van der Waals surface area contributed by atoms with Crippen LogP contribution in [0.1, 0.15) is 36.8 Å². The molecule has 0 spiro atoms. The standard InChI is InChI=1S/C17H25N3O/c1-5-18-17(12-20-14(4)11-13(3)19-20)15-7-9-16(10-8-15)21-6-2/h7-11,17-18H,5-6,12H2,1-4H3. The predicted molar refractivity (Wildman–Crippen MR) is 85.7 cm³/mol. The van der Waals surface area contributed by atoms with Crippen molar-refractivity contribution in [2.75, 3.05) is 13.2 Å². The van der Waals surface area contributed by atoms with E-state index in [2.05, 4.69) is 47.1 Å². The SMILES string of the molecule is CCNC(Cn1nc(C)cc1C)c1ccc(OCC)cc1. The molecule has 0 radical (unpaired) electrons. The lowest BCUT2D eigenvalue weighted by atomic mass is 10.1. The van der Waals surface area contributed by atoms with Gasteiger partial charge in [-0.15, -0.1) is 0 Å². The molecule has 1 heterocycles. The van der Waals surface area contributed by atoms with E-state index in [-0.39, 0.29) is 6.04 Å². The van der Waals surface area contributed by atoms with E-state index in [0.717, 1.165) is 24.5 Å². The predicted octanol–water partition coefficient (Wildman–Crippen LogP) is 3.25. The third-order valence-corrected chi connectivity index (χ3v) is 3.50. The van der Waals surface area contributed by atoms with E-state index < -0.39 is 0 Å². The second-order valence-electron chi connectivity index (χ2n) is 5.22. The van der Waals surface area contributed by atoms with E-state index in [1.165, 1.54) is 11.3 Å². The Balaban J connectivity index is 2.16. The minimum atomic E-state index is 0.253. The molecule has 0 fully saturated rings. The van der Waals surface area contributed by atoms with Gasteiger partial charge in [0.05, 0.1) is 24.9 Å². The second kappa shape index (κ2) is 7.27. The number of rotatable bonds is 7. The average Bonchev–Trinajstić information content (AvgIpc) is 2.78. The van der Waals surface area contributed by atoms with E-state index in [1.54, 1.807) is 0 Å². The van der Waals surface area contributed by atoms with Crippen molar-refractivity contribution in [2.24, 2.45) is 0 Å². The molecule has 1 aromatic carbocycles. The summed E-state index contributed by atoms with van der Waals surface area (Å²) in [6.45, 7) is 10.7. The van der Waals surface area contributed by atoms with E-state index >= 15 is 0 Å². The summed E-state index contributed by atoms with van der Waals surface area (Å²) in [4.78, 5) is 0. The van der Waals surface area contributed by atoms with Crippen LogP contribution in [-0.2, 0) is 6.54 Å². The van der Waals surface area contributed by atoms with Gasteiger partial charge in [0.1, 0.15) is 5.75 Å². The Morgan fingerprint density at radius 3 is 2.43 bits per heavy atom. The first-order valence-corrected chi connectivity index (χ1v) is 7.61. The Kier molecular flexibility index (Phi) is 5.39. The van der Waals surface area contributed by atoms with Crippen LogP contribution in [0.5, 0.6) is 5.75 Å². The van der Waals surface area contributed by atoms with Crippen molar-refractivity contribution in [1.29, 1.82) is 0 Å². The summed E-state index contributed by atoms with van der Waals surface area (Å²) in [5, 5.41) is 8.09. The number of hydrogen-bond donors (Lipinski definition) is 1. The summed E-state index contributed by atoms with van der Waals surface area (Å²) < 4.78 is 7.57. The van der Waals surface area contributed by atoms with Crippen molar-refractivity contribution in [2.45, 2.75) is 40.3 Å². The molecule has 0 bridgehead atoms. The van der Waals surface area contributed by atoms with Gasteiger partial charge in [-0.1, -0.05) is 19.1 Å². The Labute approximate surface area is 127 Å². The van der Waals surface area contributed by atoms with E-state index in [0.29, 0.717) is 6.61 Å². The number of benzene rings is 1. The van der Waals surface area contributed by atoms with Gasteiger partial charge in [-0.2, -0.15) is 5.10 Å². The minimum absolute atomic E-state index is 0.253. The normalized spacial score (nSPS) is 12.4. The van der Waals surface area contributed by atoms with Crippen LogP contribution in [0.3, 0.4) is 0 Å². The maximum atomic E-state index is 5.50. The van der Waals surface area contributed by atoms with Crippen molar-refractivity contribution >= 4 is 0 Å². The number of hydrogen-bond acceptors (Lipinski definition) is 3. The molecule has 21 heavy (non-hydrogen) atoms. The Morgan fingerprint density at radius 1 is 1.19 bits per heavy atom.